The Morgan fingerprint density at radius 2 is 1.74 bits per heavy atom. The predicted molar refractivity (Wildman–Crippen MR) is 124 cm³/mol. The van der Waals surface area contributed by atoms with Gasteiger partial charge in [-0.2, -0.15) is 0 Å². The molecule has 6 nitrogen and oxygen atoms in total. The minimum atomic E-state index is -3.65. The van der Waals surface area contributed by atoms with E-state index < -0.39 is 33.3 Å². The summed E-state index contributed by atoms with van der Waals surface area (Å²) in [5.74, 6) is -3.26. The quantitative estimate of drug-likeness (QED) is 0.548. The van der Waals surface area contributed by atoms with Crippen LogP contribution in [0.25, 0.3) is 0 Å². The summed E-state index contributed by atoms with van der Waals surface area (Å²) < 4.78 is 71.4. The Bertz CT molecular complexity index is 1190. The molecule has 35 heavy (non-hydrogen) atoms. The van der Waals surface area contributed by atoms with Crippen molar-refractivity contribution in [2.24, 2.45) is 11.7 Å². The second kappa shape index (κ2) is 10.2. The van der Waals surface area contributed by atoms with Crippen molar-refractivity contribution in [3.63, 3.8) is 0 Å². The Hall–Kier alpha value is -2.59. The van der Waals surface area contributed by atoms with Gasteiger partial charge in [0.15, 0.2) is 21.5 Å². The molecule has 2 heterocycles. The number of carbonyl (C=O) groups excluding carboxylic acids is 1. The van der Waals surface area contributed by atoms with Gasteiger partial charge in [-0.1, -0.05) is 6.07 Å². The van der Waals surface area contributed by atoms with Crippen LogP contribution in [0.4, 0.5) is 13.2 Å². The average Bonchev–Trinajstić information content (AvgIpc) is 3.10. The third-order valence-corrected chi connectivity index (χ3v) is 8.91. The number of hydrogen-bond acceptors (Lipinski definition) is 5. The summed E-state index contributed by atoms with van der Waals surface area (Å²) in [6.45, 7) is 0. The number of benzene rings is 2. The van der Waals surface area contributed by atoms with Gasteiger partial charge in [-0.25, -0.2) is 21.6 Å². The molecule has 1 amide bonds. The minimum absolute atomic E-state index is 0.00965. The molecule has 0 aromatic heterocycles. The zero-order valence-corrected chi connectivity index (χ0v) is 20.2. The maximum absolute atomic E-state index is 14.1. The zero-order valence-electron chi connectivity index (χ0n) is 19.4. The molecule has 190 valence electrons. The number of amides is 1. The first-order valence-corrected chi connectivity index (χ1v) is 13.3. The van der Waals surface area contributed by atoms with Crippen LogP contribution < -0.4 is 10.5 Å². The van der Waals surface area contributed by atoms with Crippen LogP contribution in [0.5, 0.6) is 5.75 Å². The maximum atomic E-state index is 14.1. The van der Waals surface area contributed by atoms with Crippen LogP contribution in [0, 0.1) is 23.4 Å². The second-order valence-corrected chi connectivity index (χ2v) is 11.5. The van der Waals surface area contributed by atoms with E-state index in [-0.39, 0.29) is 53.0 Å². The molecule has 4 rings (SSSR count). The first-order chi connectivity index (χ1) is 16.6. The van der Waals surface area contributed by atoms with E-state index in [4.69, 9.17) is 10.5 Å². The summed E-state index contributed by atoms with van der Waals surface area (Å²) in [6, 6.07) is 6.94. The van der Waals surface area contributed by atoms with Gasteiger partial charge in [-0.05, 0) is 67.9 Å². The van der Waals surface area contributed by atoms with Crippen LogP contribution in [0.2, 0.25) is 0 Å². The first-order valence-electron chi connectivity index (χ1n) is 11.7. The molecular formula is C25H29F3N2O4S. The lowest BCUT2D eigenvalue weighted by molar-refractivity contribution is -0.136. The van der Waals surface area contributed by atoms with E-state index in [1.165, 1.54) is 19.2 Å². The topological polar surface area (TPSA) is 89.7 Å². The van der Waals surface area contributed by atoms with E-state index >= 15 is 0 Å². The molecule has 3 atom stereocenters. The molecule has 2 bridgehead atoms. The number of fused-ring (bicyclic) bond motifs is 2. The summed E-state index contributed by atoms with van der Waals surface area (Å²) >= 11 is 0. The van der Waals surface area contributed by atoms with Crippen molar-refractivity contribution in [3.8, 4) is 5.75 Å². The summed E-state index contributed by atoms with van der Waals surface area (Å²) in [7, 11) is -2.20. The number of carbonyl (C=O) groups is 1. The summed E-state index contributed by atoms with van der Waals surface area (Å²) in [5.41, 5.74) is 6.37. The van der Waals surface area contributed by atoms with E-state index in [1.54, 1.807) is 17.0 Å². The average molecular weight is 511 g/mol. The van der Waals surface area contributed by atoms with E-state index in [9.17, 15) is 26.4 Å². The number of halogens is 3. The van der Waals surface area contributed by atoms with Gasteiger partial charge in [-0.15, -0.1) is 0 Å². The fourth-order valence-electron chi connectivity index (χ4n) is 5.38. The molecule has 2 aromatic carbocycles. The first kappa shape index (κ1) is 25.5. The molecule has 2 saturated heterocycles. The highest BCUT2D eigenvalue weighted by Gasteiger charge is 2.44. The van der Waals surface area contributed by atoms with Crippen LogP contribution in [-0.2, 0) is 21.1 Å². The van der Waals surface area contributed by atoms with Crippen LogP contribution in [0.1, 0.15) is 37.7 Å². The van der Waals surface area contributed by atoms with Gasteiger partial charge in [0.2, 0.25) is 5.91 Å². The summed E-state index contributed by atoms with van der Waals surface area (Å²) in [6.07, 6.45) is 2.75. The molecule has 10 heteroatoms. The highest BCUT2D eigenvalue weighted by molar-refractivity contribution is 7.91. The molecule has 0 aliphatic carbocycles. The Kier molecular flexibility index (Phi) is 7.42. The van der Waals surface area contributed by atoms with Gasteiger partial charge in [0, 0.05) is 30.6 Å². The molecule has 0 saturated carbocycles. The molecule has 2 fully saturated rings. The van der Waals surface area contributed by atoms with Gasteiger partial charge in [-0.3, -0.25) is 4.79 Å². The Morgan fingerprint density at radius 1 is 1.09 bits per heavy atom. The number of methoxy groups -OCH3 is 1. The lowest BCUT2D eigenvalue weighted by Crippen LogP contribution is -2.50. The third kappa shape index (κ3) is 5.48. The van der Waals surface area contributed by atoms with Crippen molar-refractivity contribution in [2.75, 3.05) is 12.9 Å². The van der Waals surface area contributed by atoms with E-state index in [1.807, 2.05) is 0 Å². The van der Waals surface area contributed by atoms with E-state index in [0.717, 1.165) is 18.9 Å². The molecule has 2 aliphatic heterocycles. The largest absolute Gasteiger partial charge is 0.497 e. The van der Waals surface area contributed by atoms with E-state index in [2.05, 4.69) is 0 Å². The molecule has 0 radical (unpaired) electrons. The van der Waals surface area contributed by atoms with Gasteiger partial charge in [0.05, 0.1) is 17.8 Å². The SMILES string of the molecule is COc1cccc(S(=O)(=O)CCC(=O)N2C3CCC2CC([C@H](N)Cc2cc(F)c(F)cc2F)C3)c1. The van der Waals surface area contributed by atoms with Gasteiger partial charge in [0.1, 0.15) is 11.6 Å². The number of nitrogens with zero attached hydrogens (tertiary/aromatic N) is 1. The smallest absolute Gasteiger partial charge is 0.224 e. The normalized spacial score (nSPS) is 22.8. The fourth-order valence-corrected chi connectivity index (χ4v) is 6.64. The second-order valence-electron chi connectivity index (χ2n) is 9.39. The van der Waals surface area contributed by atoms with E-state index in [0.29, 0.717) is 24.7 Å². The van der Waals surface area contributed by atoms with Crippen LogP contribution in [-0.4, -0.2) is 50.2 Å². The lowest BCUT2D eigenvalue weighted by Gasteiger charge is -2.41. The number of ether oxygens (including phenoxy) is 1. The summed E-state index contributed by atoms with van der Waals surface area (Å²) in [4.78, 5) is 14.9. The van der Waals surface area contributed by atoms with Crippen molar-refractivity contribution >= 4 is 15.7 Å². The van der Waals surface area contributed by atoms with Gasteiger partial charge in [0.25, 0.3) is 0 Å². The molecule has 2 unspecified atom stereocenters. The maximum Gasteiger partial charge on any atom is 0.224 e. The summed E-state index contributed by atoms with van der Waals surface area (Å²) in [5, 5.41) is 0. The Balaban J connectivity index is 1.37. The van der Waals surface area contributed by atoms with Crippen LogP contribution >= 0.6 is 0 Å². The molecule has 2 aromatic rings. The Morgan fingerprint density at radius 3 is 2.40 bits per heavy atom. The number of nitrogens with two attached hydrogens (primary N) is 1. The standard InChI is InChI=1S/C25H29F3N2O4S/c1-34-19-3-2-4-20(13-19)35(32,33)8-7-25(31)30-17-5-6-18(30)10-16(9-17)24(29)12-15-11-22(27)23(28)14-21(15)26/h2-4,11,13-14,16-18,24H,5-10,12,29H2,1H3/t16?,17?,18?,24-/m1/s1. The van der Waals surface area contributed by atoms with Gasteiger partial charge >= 0.3 is 0 Å². The molecular weight excluding hydrogens is 481 g/mol. The number of hydrogen-bond donors (Lipinski definition) is 1. The monoisotopic (exact) mass is 510 g/mol. The van der Waals surface area contributed by atoms with Crippen molar-refractivity contribution < 1.29 is 31.1 Å². The van der Waals surface area contributed by atoms with Crippen molar-refractivity contribution in [1.82, 2.24) is 4.90 Å². The number of rotatable bonds is 8. The van der Waals surface area contributed by atoms with Crippen molar-refractivity contribution in [3.05, 3.63) is 59.4 Å². The number of piperidine rings is 1. The van der Waals surface area contributed by atoms with Crippen LogP contribution in [0.15, 0.2) is 41.3 Å². The lowest BCUT2D eigenvalue weighted by atomic mass is 9.82. The van der Waals surface area contributed by atoms with Crippen molar-refractivity contribution in [2.45, 2.75) is 61.5 Å². The highest BCUT2D eigenvalue weighted by Crippen LogP contribution is 2.40. The van der Waals surface area contributed by atoms with Crippen LogP contribution in [0.3, 0.4) is 0 Å². The zero-order chi connectivity index (χ0) is 25.3. The molecule has 2 N–H and O–H groups in total. The van der Waals surface area contributed by atoms with Crippen molar-refractivity contribution in [1.29, 1.82) is 0 Å². The minimum Gasteiger partial charge on any atom is -0.497 e. The molecule has 0 spiro atoms. The number of sulfone groups is 1. The third-order valence-electron chi connectivity index (χ3n) is 7.19. The Labute approximate surface area is 203 Å². The highest BCUT2D eigenvalue weighted by atomic mass is 32.2. The predicted octanol–water partition coefficient (Wildman–Crippen LogP) is 3.62. The molecule has 2 aliphatic rings. The fraction of sp³-hybridized carbons (Fsp3) is 0.480. The van der Waals surface area contributed by atoms with Gasteiger partial charge < -0.3 is 15.4 Å².